The molecular formula is C83H78N20O5S. The molecule has 8 N–H and O–H groups in total. The Balaban J connectivity index is 0.000000116. The van der Waals surface area contributed by atoms with Crippen molar-refractivity contribution < 1.29 is 23.4 Å². The number of nitrogens with zero attached hydrogens (tertiary/aromatic N) is 12. The zero-order chi connectivity index (χ0) is 75.1. The molecule has 2 aliphatic rings. The molecule has 10 heterocycles. The first-order valence-corrected chi connectivity index (χ1v) is 38.0. The van der Waals surface area contributed by atoms with Gasteiger partial charge in [0, 0.05) is 135 Å². The van der Waals surface area contributed by atoms with Crippen molar-refractivity contribution in [1.82, 2.24) is 80.3 Å². The summed E-state index contributed by atoms with van der Waals surface area (Å²) in [6.07, 6.45) is 9.15. The largest absolute Gasteiger partial charge is 0.345 e. The highest BCUT2D eigenvalue weighted by Crippen LogP contribution is 2.33. The fourth-order valence-electron chi connectivity index (χ4n) is 13.7. The van der Waals surface area contributed by atoms with E-state index in [1.54, 1.807) is 48.7 Å². The summed E-state index contributed by atoms with van der Waals surface area (Å²) in [4.78, 5) is 75.7. The van der Waals surface area contributed by atoms with Crippen molar-refractivity contribution in [2.75, 3.05) is 86.1 Å². The summed E-state index contributed by atoms with van der Waals surface area (Å²) in [5.41, 5.74) is 13.1. The average molecular weight is 1470 g/mol. The van der Waals surface area contributed by atoms with Crippen LogP contribution in [0.3, 0.4) is 0 Å². The third-order valence-corrected chi connectivity index (χ3v) is 21.2. The molecular weight excluding hydrogens is 1390 g/mol. The molecule has 546 valence electrons. The number of likely N-dealkylation sites (tertiary alicyclic amines) is 1. The van der Waals surface area contributed by atoms with Crippen LogP contribution in [0.5, 0.6) is 0 Å². The molecule has 8 aromatic heterocycles. The Morgan fingerprint density at radius 3 is 1.03 bits per heavy atom. The predicted octanol–water partition coefficient (Wildman–Crippen LogP) is 15.0. The summed E-state index contributed by atoms with van der Waals surface area (Å²) in [5.74, 6) is 7.56. The molecule has 0 aliphatic carbocycles. The van der Waals surface area contributed by atoms with Gasteiger partial charge in [0.05, 0.1) is 22.1 Å². The Hall–Kier alpha value is -13.6. The molecule has 0 radical (unpaired) electrons. The first-order valence-electron chi connectivity index (χ1n) is 35.9. The standard InChI is InChI=1S/C22H21N5O2S.C21H19N5O.C21H21N5O.C19H17N5O/c1-30(29)12-10-27(11-13-30)22(28)18-5-2-4-15-14-16(7-8-17(15)18)24-21-20-19(25-26-21)6-3-9-23-20;27-21(26-11-1-2-12-26)17-6-3-5-14-13-15(8-9-16(14)17)23-20-19-18(24-25-20)7-4-10-22-19;1-3-26(4-2)21(27)17-8-5-7-14-13-15(10-11-16(14)17)23-20-19-18(24-25-20)9-6-12-22-19;1-24(2)19(25)15-6-3-5-12-11-13(8-9-14(12)15)21-18-17-16(22-23-18)7-4-10-20-17/h2-9,14H,1,10-13H2,(H2,24,25,26);3-10,13H,1-2,11-12H2,(H2,23,24,25);5-13H,3-4H2,1-2H3,(H2,23,24,25);3-11H,1-2H3,(H2,21,22,23). The average Bonchev–Trinajstić information content (AvgIpc) is 1.80. The van der Waals surface area contributed by atoms with E-state index in [2.05, 4.69) is 87.9 Å². The number of amides is 4. The zero-order valence-electron chi connectivity index (χ0n) is 60.4. The van der Waals surface area contributed by atoms with Gasteiger partial charge in [0.2, 0.25) is 0 Å². The predicted molar refractivity (Wildman–Crippen MR) is 436 cm³/mol. The fraction of sp³-hybridized carbons (Fsp3) is 0.169. The number of anilines is 8. The minimum Gasteiger partial charge on any atom is -0.345 e. The van der Waals surface area contributed by atoms with Crippen LogP contribution in [0.2, 0.25) is 0 Å². The van der Waals surface area contributed by atoms with E-state index in [9.17, 15) is 23.4 Å². The van der Waals surface area contributed by atoms with Crippen LogP contribution in [0.15, 0.2) is 219 Å². The smallest absolute Gasteiger partial charge is 0.254 e. The maximum atomic E-state index is 13.1. The van der Waals surface area contributed by atoms with Gasteiger partial charge < -0.3 is 40.9 Å². The molecule has 16 aromatic rings. The van der Waals surface area contributed by atoms with Gasteiger partial charge in [0.15, 0.2) is 23.3 Å². The van der Waals surface area contributed by atoms with E-state index < -0.39 is 9.52 Å². The van der Waals surface area contributed by atoms with Gasteiger partial charge in [-0.05, 0) is 206 Å². The summed E-state index contributed by atoms with van der Waals surface area (Å²) >= 11 is 0. The van der Waals surface area contributed by atoms with E-state index in [-0.39, 0.29) is 23.6 Å². The van der Waals surface area contributed by atoms with Crippen LogP contribution in [0.25, 0.3) is 87.2 Å². The molecule has 2 saturated heterocycles. The monoisotopic (exact) mass is 1470 g/mol. The summed E-state index contributed by atoms with van der Waals surface area (Å²) < 4.78 is 12.1. The Labute approximate surface area is 626 Å². The highest BCUT2D eigenvalue weighted by atomic mass is 32.2. The second-order valence-electron chi connectivity index (χ2n) is 26.7. The molecule has 109 heavy (non-hydrogen) atoms. The van der Waals surface area contributed by atoms with E-state index in [4.69, 9.17) is 0 Å². The lowest BCUT2D eigenvalue weighted by Gasteiger charge is -2.29. The zero-order valence-corrected chi connectivity index (χ0v) is 61.2. The number of benzene rings is 8. The molecule has 0 unspecified atom stereocenters. The molecule has 0 spiro atoms. The minimum atomic E-state index is -2.04. The van der Waals surface area contributed by atoms with E-state index in [1.807, 2.05) is 218 Å². The maximum Gasteiger partial charge on any atom is 0.254 e. The summed E-state index contributed by atoms with van der Waals surface area (Å²) in [7, 11) is 1.48. The van der Waals surface area contributed by atoms with Crippen LogP contribution in [0.4, 0.5) is 46.0 Å². The molecule has 0 bridgehead atoms. The van der Waals surface area contributed by atoms with Gasteiger partial charge in [0.25, 0.3) is 23.6 Å². The number of nitrogens with one attached hydrogen (secondary N) is 8. The molecule has 26 heteroatoms. The number of aromatic nitrogens is 12. The van der Waals surface area contributed by atoms with Gasteiger partial charge in [-0.3, -0.25) is 63.7 Å². The summed E-state index contributed by atoms with van der Waals surface area (Å²) in [5, 5.41) is 50.0. The van der Waals surface area contributed by atoms with Crippen molar-refractivity contribution in [2.45, 2.75) is 26.7 Å². The van der Waals surface area contributed by atoms with Crippen LogP contribution in [-0.2, 0) is 9.52 Å². The molecule has 0 atom stereocenters. The van der Waals surface area contributed by atoms with Gasteiger partial charge in [0.1, 0.15) is 22.1 Å². The highest BCUT2D eigenvalue weighted by Gasteiger charge is 2.26. The maximum absolute atomic E-state index is 13.1. The van der Waals surface area contributed by atoms with Crippen LogP contribution in [-0.4, -0.2) is 179 Å². The summed E-state index contributed by atoms with van der Waals surface area (Å²) in [6.45, 7) is 8.07. The Morgan fingerprint density at radius 1 is 0.404 bits per heavy atom. The molecule has 2 fully saturated rings. The van der Waals surface area contributed by atoms with E-state index in [1.165, 1.54) is 0 Å². The molecule has 4 amide bonds. The molecule has 8 aromatic carbocycles. The van der Waals surface area contributed by atoms with E-state index in [0.29, 0.717) is 72.1 Å². The SMILES string of the molecule is C=S1(=O)CCN(C(=O)c2cccc3cc(Nc4n[nH]c5cccnc45)ccc23)CC1.CCN(CC)C(=O)c1cccc2cc(Nc3n[nH]c4cccnc34)ccc12.CN(C)C(=O)c1cccc2cc(Nc3n[nH]c4cccnc34)ccc12.O=C(c1cccc2cc(Nc3n[nH]c4cccnc34)ccc12)N1CCCC1. The number of fused-ring (bicyclic) bond motifs is 8. The molecule has 18 rings (SSSR count). The van der Waals surface area contributed by atoms with Crippen molar-refractivity contribution in [3.8, 4) is 0 Å². The van der Waals surface area contributed by atoms with Crippen molar-refractivity contribution >= 4 is 172 Å². The molecule has 2 aliphatic heterocycles. The van der Waals surface area contributed by atoms with Crippen molar-refractivity contribution in [3.05, 3.63) is 241 Å². The second kappa shape index (κ2) is 31.2. The second-order valence-corrected chi connectivity index (χ2v) is 29.4. The van der Waals surface area contributed by atoms with Gasteiger partial charge in [-0.25, -0.2) is 0 Å². The Morgan fingerprint density at radius 2 is 0.706 bits per heavy atom. The summed E-state index contributed by atoms with van der Waals surface area (Å²) in [6, 6.07) is 62.1. The number of H-pyrrole nitrogens is 4. The number of carbonyl (C=O) groups is 4. The first kappa shape index (κ1) is 71.0. The Kier molecular flexibility index (Phi) is 20.3. The van der Waals surface area contributed by atoms with Crippen LogP contribution >= 0.6 is 0 Å². The van der Waals surface area contributed by atoms with E-state index in [0.717, 1.165) is 147 Å². The Bertz CT molecular complexity index is 6040. The van der Waals surface area contributed by atoms with Gasteiger partial charge in [-0.1, -0.05) is 72.8 Å². The van der Waals surface area contributed by atoms with Crippen molar-refractivity contribution in [3.63, 3.8) is 0 Å². The molecule has 0 saturated carbocycles. The topological polar surface area (TPSA) is 313 Å². The number of pyridine rings is 4. The third-order valence-electron chi connectivity index (χ3n) is 19.4. The quantitative estimate of drug-likeness (QED) is 0.0469. The number of aromatic amines is 4. The third kappa shape index (κ3) is 15.3. The van der Waals surface area contributed by atoms with Crippen LogP contribution in [0.1, 0.15) is 68.1 Å². The lowest BCUT2D eigenvalue weighted by atomic mass is 10.0. The minimum absolute atomic E-state index is 0.00574. The lowest BCUT2D eigenvalue weighted by Crippen LogP contribution is -2.43. The number of hydrogen-bond acceptors (Lipinski definition) is 17. The van der Waals surface area contributed by atoms with Crippen LogP contribution in [0, 0.1) is 0 Å². The number of carbonyl (C=O) groups excluding carboxylic acids is 4. The van der Waals surface area contributed by atoms with Crippen molar-refractivity contribution in [1.29, 1.82) is 0 Å². The highest BCUT2D eigenvalue weighted by molar-refractivity contribution is 8.00. The van der Waals surface area contributed by atoms with Gasteiger partial charge in [-0.2, -0.15) is 20.4 Å². The van der Waals surface area contributed by atoms with E-state index >= 15 is 0 Å². The number of rotatable bonds is 14. The molecule has 25 nitrogen and oxygen atoms in total. The van der Waals surface area contributed by atoms with Crippen molar-refractivity contribution in [2.24, 2.45) is 0 Å². The number of hydrogen-bond donors (Lipinski definition) is 8. The normalized spacial score (nSPS) is 13.2. The first-order chi connectivity index (χ1) is 53.1. The van der Waals surface area contributed by atoms with Gasteiger partial charge in [-0.15, -0.1) is 0 Å². The lowest BCUT2D eigenvalue weighted by molar-refractivity contribution is 0.0766. The fourth-order valence-corrected chi connectivity index (χ4v) is 15.0. The van der Waals surface area contributed by atoms with Crippen LogP contribution < -0.4 is 21.3 Å². The van der Waals surface area contributed by atoms with Gasteiger partial charge >= 0.3 is 0 Å².